The number of imide groups is 1. The number of imidazole rings is 1. The van der Waals surface area contributed by atoms with Crippen LogP contribution in [-0.2, 0) is 4.79 Å². The molecule has 5 rings (SSSR count). The molecule has 0 aliphatic carbocycles. The van der Waals surface area contributed by atoms with Crippen LogP contribution in [-0.4, -0.2) is 69.8 Å². The Morgan fingerprint density at radius 2 is 1.56 bits per heavy atom. The van der Waals surface area contributed by atoms with Crippen molar-refractivity contribution in [3.8, 4) is 5.69 Å². The Morgan fingerprint density at radius 1 is 0.912 bits per heavy atom. The van der Waals surface area contributed by atoms with Gasteiger partial charge >= 0.3 is 0 Å². The van der Waals surface area contributed by atoms with Crippen molar-refractivity contribution < 1.29 is 14.4 Å². The summed E-state index contributed by atoms with van der Waals surface area (Å²) in [7, 11) is 0. The lowest BCUT2D eigenvalue weighted by Crippen LogP contribution is -2.49. The number of fused-ring (bicyclic) bond motifs is 1. The minimum absolute atomic E-state index is 0.0538. The van der Waals surface area contributed by atoms with E-state index in [1.807, 2.05) is 11.1 Å². The molecule has 3 heterocycles. The van der Waals surface area contributed by atoms with Crippen LogP contribution in [0.15, 0.2) is 60.9 Å². The molecule has 174 valence electrons. The van der Waals surface area contributed by atoms with Crippen molar-refractivity contribution in [1.29, 1.82) is 0 Å². The first-order valence-corrected chi connectivity index (χ1v) is 11.6. The first-order chi connectivity index (χ1) is 16.5. The van der Waals surface area contributed by atoms with Gasteiger partial charge < -0.3 is 9.80 Å². The molecular formula is C26H27N5O3. The maximum Gasteiger partial charge on any atom is 0.261 e. The molecule has 0 bridgehead atoms. The molecule has 2 aromatic carbocycles. The van der Waals surface area contributed by atoms with Gasteiger partial charge in [0.25, 0.3) is 11.8 Å². The smallest absolute Gasteiger partial charge is 0.261 e. The van der Waals surface area contributed by atoms with Crippen molar-refractivity contribution in [3.05, 3.63) is 77.6 Å². The lowest BCUT2D eigenvalue weighted by molar-refractivity contribution is -0.131. The van der Waals surface area contributed by atoms with Gasteiger partial charge in [0.05, 0.1) is 11.1 Å². The number of amides is 3. The van der Waals surface area contributed by atoms with Gasteiger partial charge in [-0.2, -0.15) is 0 Å². The average molecular weight is 458 g/mol. The summed E-state index contributed by atoms with van der Waals surface area (Å²) in [4.78, 5) is 47.6. The summed E-state index contributed by atoms with van der Waals surface area (Å²) in [5.74, 6) is 0.385. The maximum atomic E-state index is 12.8. The highest BCUT2D eigenvalue weighted by Gasteiger charge is 2.34. The van der Waals surface area contributed by atoms with Crippen LogP contribution in [0.4, 0.5) is 5.95 Å². The summed E-state index contributed by atoms with van der Waals surface area (Å²) < 4.78 is 2.07. The Balaban J connectivity index is 1.13. The number of anilines is 1. The molecule has 8 nitrogen and oxygen atoms in total. The zero-order valence-corrected chi connectivity index (χ0v) is 19.2. The summed E-state index contributed by atoms with van der Waals surface area (Å²) in [5, 5.41) is 0. The average Bonchev–Trinajstić information content (AvgIpc) is 3.44. The minimum Gasteiger partial charge on any atom is -0.339 e. The monoisotopic (exact) mass is 457 g/mol. The van der Waals surface area contributed by atoms with Crippen molar-refractivity contribution in [1.82, 2.24) is 19.4 Å². The third-order valence-corrected chi connectivity index (χ3v) is 6.50. The summed E-state index contributed by atoms with van der Waals surface area (Å²) in [5.41, 5.74) is 3.16. The Kier molecular flexibility index (Phi) is 5.88. The lowest BCUT2D eigenvalue weighted by Gasteiger charge is -2.35. The summed E-state index contributed by atoms with van der Waals surface area (Å²) >= 11 is 0. The number of piperazine rings is 1. The van der Waals surface area contributed by atoms with Gasteiger partial charge in [-0.15, -0.1) is 0 Å². The van der Waals surface area contributed by atoms with E-state index in [4.69, 9.17) is 0 Å². The van der Waals surface area contributed by atoms with Crippen LogP contribution in [0.1, 0.15) is 39.1 Å². The third kappa shape index (κ3) is 4.07. The van der Waals surface area contributed by atoms with Gasteiger partial charge in [-0.25, -0.2) is 4.98 Å². The number of carbonyl (C=O) groups excluding carboxylic acids is 3. The summed E-state index contributed by atoms with van der Waals surface area (Å²) in [6.07, 6.45) is 4.52. The molecular weight excluding hydrogens is 430 g/mol. The molecule has 0 unspecified atom stereocenters. The van der Waals surface area contributed by atoms with Crippen LogP contribution in [0.2, 0.25) is 0 Å². The van der Waals surface area contributed by atoms with Crippen molar-refractivity contribution in [3.63, 3.8) is 0 Å². The molecule has 0 spiro atoms. The fourth-order valence-electron chi connectivity index (χ4n) is 4.58. The second kappa shape index (κ2) is 9.13. The number of aromatic nitrogens is 2. The molecule has 1 aromatic heterocycles. The molecule has 8 heteroatoms. The highest BCUT2D eigenvalue weighted by molar-refractivity contribution is 6.21. The van der Waals surface area contributed by atoms with Gasteiger partial charge in [-0.05, 0) is 37.6 Å². The number of hydrogen-bond acceptors (Lipinski definition) is 5. The van der Waals surface area contributed by atoms with Crippen molar-refractivity contribution in [2.45, 2.75) is 19.8 Å². The van der Waals surface area contributed by atoms with Crippen LogP contribution in [0.5, 0.6) is 0 Å². The van der Waals surface area contributed by atoms with Crippen LogP contribution in [0, 0.1) is 6.92 Å². The number of rotatable bonds is 6. The Labute approximate surface area is 198 Å². The van der Waals surface area contributed by atoms with Gasteiger partial charge in [-0.1, -0.05) is 29.8 Å². The first kappa shape index (κ1) is 21.9. The molecule has 3 aromatic rings. The molecule has 3 amide bonds. The molecule has 1 fully saturated rings. The van der Waals surface area contributed by atoms with Crippen molar-refractivity contribution >= 4 is 23.7 Å². The number of hydrogen-bond donors (Lipinski definition) is 0. The van der Waals surface area contributed by atoms with E-state index in [1.54, 1.807) is 30.5 Å². The summed E-state index contributed by atoms with van der Waals surface area (Å²) in [6.45, 7) is 4.96. The van der Waals surface area contributed by atoms with Crippen molar-refractivity contribution in [2.75, 3.05) is 37.6 Å². The predicted octanol–water partition coefficient (Wildman–Crippen LogP) is 2.91. The maximum absolute atomic E-state index is 12.8. The number of aryl methyl sites for hydroxylation is 1. The topological polar surface area (TPSA) is 78.8 Å². The Morgan fingerprint density at radius 3 is 2.21 bits per heavy atom. The zero-order valence-electron chi connectivity index (χ0n) is 19.2. The molecule has 0 atom stereocenters. The van der Waals surface area contributed by atoms with E-state index < -0.39 is 0 Å². The van der Waals surface area contributed by atoms with Crippen LogP contribution in [0.25, 0.3) is 5.69 Å². The van der Waals surface area contributed by atoms with E-state index in [0.717, 1.165) is 11.6 Å². The summed E-state index contributed by atoms with van der Waals surface area (Å²) in [6, 6.07) is 15.2. The first-order valence-electron chi connectivity index (χ1n) is 11.6. The normalized spacial score (nSPS) is 15.7. The zero-order chi connectivity index (χ0) is 23.7. The molecule has 0 N–H and O–H groups in total. The molecule has 34 heavy (non-hydrogen) atoms. The highest BCUT2D eigenvalue weighted by Crippen LogP contribution is 2.23. The number of carbonyl (C=O) groups is 3. The quantitative estimate of drug-likeness (QED) is 0.532. The number of benzene rings is 2. The lowest BCUT2D eigenvalue weighted by atomic mass is 10.1. The molecule has 1 saturated heterocycles. The van der Waals surface area contributed by atoms with E-state index in [1.165, 1.54) is 10.5 Å². The second-order valence-corrected chi connectivity index (χ2v) is 8.71. The fourth-order valence-corrected chi connectivity index (χ4v) is 4.58. The SMILES string of the molecule is Cc1ccc(-n2ccnc2N2CCN(C(=O)CCCN3C(=O)c4ccccc4C3=O)CC2)cc1. The molecule has 2 aliphatic heterocycles. The van der Waals surface area contributed by atoms with E-state index >= 15 is 0 Å². The molecule has 0 radical (unpaired) electrons. The standard InChI is InChI=1S/C26H27N5O3/c1-19-8-10-20(11-9-19)30-14-12-27-26(30)29-17-15-28(16-18-29)23(32)7-4-13-31-24(33)21-5-2-3-6-22(21)25(31)34/h2-3,5-6,8-12,14H,4,7,13,15-18H2,1H3. The largest absolute Gasteiger partial charge is 0.339 e. The van der Waals surface area contributed by atoms with Crippen LogP contribution in [0.3, 0.4) is 0 Å². The van der Waals surface area contributed by atoms with Gasteiger partial charge in [0.15, 0.2) is 0 Å². The van der Waals surface area contributed by atoms with Crippen LogP contribution >= 0.6 is 0 Å². The fraction of sp³-hybridized carbons (Fsp3) is 0.308. The molecule has 0 saturated carbocycles. The van der Waals surface area contributed by atoms with Gasteiger partial charge in [0.1, 0.15) is 0 Å². The minimum atomic E-state index is -0.272. The number of nitrogens with zero attached hydrogens (tertiary/aromatic N) is 5. The van der Waals surface area contributed by atoms with E-state index in [2.05, 4.69) is 45.6 Å². The Bertz CT molecular complexity index is 1190. The second-order valence-electron chi connectivity index (χ2n) is 8.71. The van der Waals surface area contributed by atoms with Crippen LogP contribution < -0.4 is 4.90 Å². The van der Waals surface area contributed by atoms with Gasteiger partial charge in [0, 0.05) is 57.2 Å². The predicted molar refractivity (Wildman–Crippen MR) is 128 cm³/mol. The highest BCUT2D eigenvalue weighted by atomic mass is 16.2. The van der Waals surface area contributed by atoms with Gasteiger partial charge in [0.2, 0.25) is 11.9 Å². The van der Waals surface area contributed by atoms with E-state index in [0.29, 0.717) is 50.1 Å². The third-order valence-electron chi connectivity index (χ3n) is 6.50. The van der Waals surface area contributed by atoms with Crippen molar-refractivity contribution in [2.24, 2.45) is 0 Å². The van der Waals surface area contributed by atoms with E-state index in [-0.39, 0.29) is 24.3 Å². The van der Waals surface area contributed by atoms with Gasteiger partial charge in [-0.3, -0.25) is 23.9 Å². The molecule has 2 aliphatic rings. The van der Waals surface area contributed by atoms with E-state index in [9.17, 15) is 14.4 Å². The Hall–Kier alpha value is -3.94.